The number of rotatable bonds is 12. The molecule has 0 aromatic rings. The molecule has 0 radical (unpaired) electrons. The third kappa shape index (κ3) is 13.3. The summed E-state index contributed by atoms with van der Waals surface area (Å²) in [5.74, 6) is 0.811. The number of alkyl halides is 4. The van der Waals surface area contributed by atoms with Crippen LogP contribution in [0.4, 0.5) is 17.6 Å². The van der Waals surface area contributed by atoms with Gasteiger partial charge in [0, 0.05) is 0 Å². The molecule has 0 saturated heterocycles. The van der Waals surface area contributed by atoms with E-state index < -0.39 is 45.9 Å². The van der Waals surface area contributed by atoms with Gasteiger partial charge in [0.1, 0.15) is 0 Å². The number of hydrogen-bond donors (Lipinski definition) is 0. The second kappa shape index (κ2) is 14.9. The van der Waals surface area contributed by atoms with Crippen molar-refractivity contribution < 1.29 is 43.8 Å². The molecule has 0 fully saturated rings. The topological polar surface area (TPSA) is 71.1 Å². The fourth-order valence-corrected chi connectivity index (χ4v) is 2.24. The van der Waals surface area contributed by atoms with E-state index in [0.29, 0.717) is 11.5 Å². The molecule has 0 aliphatic heterocycles. The predicted molar refractivity (Wildman–Crippen MR) is 109 cm³/mol. The predicted octanol–water partition coefficient (Wildman–Crippen LogP) is 5.22. The maximum atomic E-state index is 13.1. The van der Waals surface area contributed by atoms with Crippen molar-refractivity contribution in [1.82, 2.24) is 0 Å². The molecular formula is C18H32F4O6S2. The van der Waals surface area contributed by atoms with Gasteiger partial charge in [0.2, 0.25) is 22.2 Å². The summed E-state index contributed by atoms with van der Waals surface area (Å²) in [6.07, 6.45) is 0. The molecule has 0 aromatic heterocycles. The number of ether oxygens (including phenoxy) is 2. The van der Waals surface area contributed by atoms with Crippen LogP contribution in [0.15, 0.2) is 22.7 Å². The van der Waals surface area contributed by atoms with Crippen LogP contribution in [0.3, 0.4) is 0 Å². The minimum Gasteiger partial charge on any atom is -0.491 e. The van der Waals surface area contributed by atoms with Gasteiger partial charge in [0.25, 0.3) is 0 Å². The van der Waals surface area contributed by atoms with Gasteiger partial charge in [-0.2, -0.15) is 17.6 Å². The van der Waals surface area contributed by atoms with E-state index in [-0.39, 0.29) is 13.2 Å². The molecule has 0 heterocycles. The third-order valence-electron chi connectivity index (χ3n) is 3.26. The molecule has 0 aliphatic carbocycles. The van der Waals surface area contributed by atoms with Crippen molar-refractivity contribution in [2.75, 3.05) is 26.4 Å². The lowest BCUT2D eigenvalue weighted by molar-refractivity contribution is 0.00621. The molecule has 12 heteroatoms. The van der Waals surface area contributed by atoms with E-state index in [1.807, 2.05) is 0 Å². The van der Waals surface area contributed by atoms with Gasteiger partial charge in [-0.1, -0.05) is 0 Å². The molecule has 6 nitrogen and oxygen atoms in total. The molecule has 0 spiro atoms. The lowest BCUT2D eigenvalue weighted by Crippen LogP contribution is -2.30. The maximum absolute atomic E-state index is 13.1. The van der Waals surface area contributed by atoms with Crippen molar-refractivity contribution in [3.8, 4) is 0 Å². The van der Waals surface area contributed by atoms with Crippen LogP contribution in [-0.4, -0.2) is 45.4 Å². The van der Waals surface area contributed by atoms with Crippen molar-refractivity contribution >= 4 is 22.2 Å². The standard InChI is InChI=1S/2C9H16F2O3S/c2*1-5-14-15(12)9(10,11)6-13-8(4)7(2)3/h2*5-6H2,1-4H3. The van der Waals surface area contributed by atoms with Crippen molar-refractivity contribution in [2.45, 2.75) is 65.9 Å². The molecule has 0 aliphatic rings. The number of halogens is 4. The van der Waals surface area contributed by atoms with Gasteiger partial charge in [0.15, 0.2) is 13.2 Å². The smallest absolute Gasteiger partial charge is 0.378 e. The minimum atomic E-state index is -3.48. The number of hydrogen-bond acceptors (Lipinski definition) is 6. The summed E-state index contributed by atoms with van der Waals surface area (Å²) in [5, 5.41) is -6.96. The summed E-state index contributed by atoms with van der Waals surface area (Å²) in [6, 6.07) is 0. The minimum absolute atomic E-state index is 0.0240. The number of allylic oxidation sites excluding steroid dienone is 4. The Balaban J connectivity index is 0. The van der Waals surface area contributed by atoms with E-state index in [1.54, 1.807) is 41.5 Å². The van der Waals surface area contributed by atoms with Crippen LogP contribution in [0.1, 0.15) is 55.4 Å². The zero-order valence-electron chi connectivity index (χ0n) is 18.6. The van der Waals surface area contributed by atoms with E-state index in [2.05, 4.69) is 8.37 Å². The molecule has 0 rings (SSSR count). The summed E-state index contributed by atoms with van der Waals surface area (Å²) in [4.78, 5) is 0. The average Bonchev–Trinajstić information content (AvgIpc) is 2.64. The van der Waals surface area contributed by atoms with Crippen molar-refractivity contribution in [2.24, 2.45) is 0 Å². The van der Waals surface area contributed by atoms with Crippen LogP contribution in [0.5, 0.6) is 0 Å². The van der Waals surface area contributed by atoms with Crippen molar-refractivity contribution in [3.63, 3.8) is 0 Å². The summed E-state index contributed by atoms with van der Waals surface area (Å²) < 4.78 is 92.2. The zero-order valence-corrected chi connectivity index (χ0v) is 20.2. The monoisotopic (exact) mass is 484 g/mol. The Bertz CT molecular complexity index is 574. The molecule has 0 bridgehead atoms. The molecule has 2 unspecified atom stereocenters. The summed E-state index contributed by atoms with van der Waals surface area (Å²) in [5.41, 5.74) is 1.60. The Morgan fingerprint density at radius 1 is 0.667 bits per heavy atom. The fraction of sp³-hybridized carbons (Fsp3) is 0.778. The Kier molecular flexibility index (Phi) is 15.5. The molecule has 0 N–H and O–H groups in total. The van der Waals surface area contributed by atoms with Gasteiger partial charge in [-0.05, 0) is 66.5 Å². The molecule has 180 valence electrons. The average molecular weight is 485 g/mol. The summed E-state index contributed by atoms with van der Waals surface area (Å²) >= 11 is -5.28. The molecule has 0 amide bonds. The quantitative estimate of drug-likeness (QED) is 0.279. The molecular weight excluding hydrogens is 452 g/mol. The highest BCUT2D eigenvalue weighted by atomic mass is 32.2. The van der Waals surface area contributed by atoms with E-state index >= 15 is 0 Å². The SMILES string of the molecule is CCOS(=O)C(F)(F)COC(C)=C(C)C.CCOS(=O)C(F)(F)COC(C)=C(C)C. The van der Waals surface area contributed by atoms with E-state index in [1.165, 1.54) is 13.8 Å². The summed E-state index contributed by atoms with van der Waals surface area (Å²) in [6.45, 7) is 11.2. The Morgan fingerprint density at radius 3 is 1.13 bits per heavy atom. The maximum Gasteiger partial charge on any atom is 0.378 e. The first-order chi connectivity index (χ1) is 13.6. The van der Waals surface area contributed by atoms with Crippen LogP contribution in [0.25, 0.3) is 0 Å². The molecule has 0 saturated carbocycles. The molecule has 30 heavy (non-hydrogen) atoms. The highest BCUT2D eigenvalue weighted by molar-refractivity contribution is 7.81. The van der Waals surface area contributed by atoms with Crippen LogP contribution in [0, 0.1) is 0 Å². The molecule has 0 aromatic carbocycles. The second-order valence-corrected chi connectivity index (χ2v) is 8.85. The van der Waals surface area contributed by atoms with Gasteiger partial charge < -0.3 is 9.47 Å². The lowest BCUT2D eigenvalue weighted by Gasteiger charge is -2.16. The Morgan fingerprint density at radius 2 is 0.933 bits per heavy atom. The first kappa shape index (κ1) is 31.2. The van der Waals surface area contributed by atoms with Crippen LogP contribution < -0.4 is 0 Å². The Hall–Kier alpha value is -0.980. The lowest BCUT2D eigenvalue weighted by atomic mass is 10.3. The van der Waals surface area contributed by atoms with Crippen molar-refractivity contribution in [1.29, 1.82) is 0 Å². The van der Waals surface area contributed by atoms with Crippen molar-refractivity contribution in [3.05, 3.63) is 22.7 Å². The summed E-state index contributed by atoms with van der Waals surface area (Å²) in [7, 11) is 0. The van der Waals surface area contributed by atoms with Gasteiger partial charge in [-0.15, -0.1) is 0 Å². The van der Waals surface area contributed by atoms with E-state index in [4.69, 9.17) is 9.47 Å². The van der Waals surface area contributed by atoms with E-state index in [0.717, 1.165) is 11.1 Å². The molecule has 2 atom stereocenters. The van der Waals surface area contributed by atoms with Gasteiger partial charge in [0.05, 0.1) is 24.7 Å². The fourth-order valence-electron chi connectivity index (χ4n) is 1.16. The normalized spacial score (nSPS) is 13.5. The Labute approximate surface area is 181 Å². The highest BCUT2D eigenvalue weighted by Gasteiger charge is 2.40. The van der Waals surface area contributed by atoms with Gasteiger partial charge in [-0.25, -0.2) is 8.42 Å². The van der Waals surface area contributed by atoms with Gasteiger partial charge >= 0.3 is 10.5 Å². The zero-order chi connectivity index (χ0) is 24.1. The van der Waals surface area contributed by atoms with Gasteiger partial charge in [-0.3, -0.25) is 8.37 Å². The first-order valence-corrected chi connectivity index (χ1v) is 11.2. The largest absolute Gasteiger partial charge is 0.491 e. The van der Waals surface area contributed by atoms with E-state index in [9.17, 15) is 26.0 Å². The third-order valence-corrected chi connectivity index (χ3v) is 5.37. The highest BCUT2D eigenvalue weighted by Crippen LogP contribution is 2.22. The van der Waals surface area contributed by atoms with Crippen LogP contribution in [0.2, 0.25) is 0 Å². The van der Waals surface area contributed by atoms with Crippen LogP contribution >= 0.6 is 0 Å². The second-order valence-electron chi connectivity index (χ2n) is 6.25. The van der Waals surface area contributed by atoms with Crippen LogP contribution in [-0.2, 0) is 40.0 Å². The first-order valence-electron chi connectivity index (χ1n) is 9.02.